The number of nitrogens with one attached hydrogen (secondary N) is 1. The van der Waals surface area contributed by atoms with E-state index in [1.807, 2.05) is 0 Å². The molecule has 0 aliphatic rings. The van der Waals surface area contributed by atoms with E-state index < -0.39 is 5.97 Å². The summed E-state index contributed by atoms with van der Waals surface area (Å²) in [5, 5.41) is 12.2. The van der Waals surface area contributed by atoms with Gasteiger partial charge in [-0.1, -0.05) is 12.1 Å². The second-order valence-corrected chi connectivity index (χ2v) is 5.27. The first-order valence-electron chi connectivity index (χ1n) is 7.49. The summed E-state index contributed by atoms with van der Waals surface area (Å²) in [5.41, 5.74) is 1.87. The molecule has 25 heavy (non-hydrogen) atoms. The highest BCUT2D eigenvalue weighted by Crippen LogP contribution is 2.27. The Bertz CT molecular complexity index is 787. The van der Waals surface area contributed by atoms with E-state index in [1.54, 1.807) is 48.5 Å². The largest absolute Gasteiger partial charge is 0.497 e. The lowest BCUT2D eigenvalue weighted by atomic mass is 10.0. The van der Waals surface area contributed by atoms with Crippen LogP contribution in [0.1, 0.15) is 18.1 Å². The summed E-state index contributed by atoms with van der Waals surface area (Å²) in [5.74, 6) is -0.119. The van der Waals surface area contributed by atoms with Crippen LogP contribution >= 0.6 is 0 Å². The lowest BCUT2D eigenvalue weighted by Crippen LogP contribution is -2.06. The van der Waals surface area contributed by atoms with Crippen LogP contribution in [0.15, 0.2) is 42.5 Å². The fraction of sp³-hybridized carbons (Fsp3) is 0.158. The molecule has 0 bridgehead atoms. The van der Waals surface area contributed by atoms with E-state index in [1.165, 1.54) is 21.1 Å². The van der Waals surface area contributed by atoms with E-state index in [0.29, 0.717) is 28.3 Å². The molecule has 0 spiro atoms. The van der Waals surface area contributed by atoms with Gasteiger partial charge in [-0.25, -0.2) is 4.79 Å². The van der Waals surface area contributed by atoms with Gasteiger partial charge in [0.05, 0.1) is 19.8 Å². The number of carbonyl (C=O) groups excluding carboxylic acids is 1. The van der Waals surface area contributed by atoms with E-state index in [9.17, 15) is 14.7 Å². The highest BCUT2D eigenvalue weighted by Gasteiger charge is 2.12. The molecule has 0 heterocycles. The van der Waals surface area contributed by atoms with Gasteiger partial charge in [0.2, 0.25) is 5.91 Å². The highest BCUT2D eigenvalue weighted by atomic mass is 16.5. The molecule has 0 aliphatic heterocycles. The van der Waals surface area contributed by atoms with Crippen LogP contribution in [0.3, 0.4) is 0 Å². The Kier molecular flexibility index (Phi) is 5.79. The molecule has 1 amide bonds. The van der Waals surface area contributed by atoms with Crippen LogP contribution in [0.25, 0.3) is 11.6 Å². The number of methoxy groups -OCH3 is 2. The number of benzene rings is 2. The molecule has 0 fully saturated rings. The van der Waals surface area contributed by atoms with Gasteiger partial charge < -0.3 is 19.9 Å². The Balaban J connectivity index is 2.42. The highest BCUT2D eigenvalue weighted by molar-refractivity contribution is 6.20. The van der Waals surface area contributed by atoms with Crippen molar-refractivity contribution in [2.75, 3.05) is 19.5 Å². The van der Waals surface area contributed by atoms with Crippen LogP contribution in [0.2, 0.25) is 0 Å². The van der Waals surface area contributed by atoms with Crippen molar-refractivity contribution in [2.24, 2.45) is 0 Å². The molecule has 2 aromatic carbocycles. The Morgan fingerprint density at radius 3 is 2.00 bits per heavy atom. The van der Waals surface area contributed by atoms with Gasteiger partial charge in [-0.2, -0.15) is 0 Å². The molecule has 0 aliphatic carbocycles. The molecule has 0 unspecified atom stereocenters. The minimum atomic E-state index is -1.06. The van der Waals surface area contributed by atoms with Crippen molar-refractivity contribution >= 4 is 29.2 Å². The molecule has 0 atom stereocenters. The van der Waals surface area contributed by atoms with Gasteiger partial charge in [-0.3, -0.25) is 4.79 Å². The van der Waals surface area contributed by atoms with Crippen LogP contribution in [-0.2, 0) is 9.59 Å². The van der Waals surface area contributed by atoms with Gasteiger partial charge in [0.25, 0.3) is 0 Å². The second-order valence-electron chi connectivity index (χ2n) is 5.27. The van der Waals surface area contributed by atoms with Crippen LogP contribution in [0, 0.1) is 0 Å². The Hall–Kier alpha value is -3.28. The van der Waals surface area contributed by atoms with Crippen molar-refractivity contribution in [2.45, 2.75) is 6.92 Å². The number of rotatable bonds is 6. The molecule has 2 N–H and O–H groups in total. The van der Waals surface area contributed by atoms with Gasteiger partial charge in [-0.05, 0) is 41.5 Å². The summed E-state index contributed by atoms with van der Waals surface area (Å²) in [6, 6.07) is 11.7. The quantitative estimate of drug-likeness (QED) is 0.622. The fourth-order valence-corrected chi connectivity index (χ4v) is 2.28. The zero-order valence-electron chi connectivity index (χ0n) is 14.2. The first-order chi connectivity index (χ1) is 11.9. The number of carboxylic acids is 1. The number of anilines is 1. The van der Waals surface area contributed by atoms with Crippen LogP contribution in [-0.4, -0.2) is 31.2 Å². The van der Waals surface area contributed by atoms with Crippen LogP contribution < -0.4 is 14.8 Å². The molecule has 6 heteroatoms. The van der Waals surface area contributed by atoms with Gasteiger partial charge in [-0.15, -0.1) is 0 Å². The zero-order valence-corrected chi connectivity index (χ0v) is 14.2. The average Bonchev–Trinajstić information content (AvgIpc) is 2.59. The minimum Gasteiger partial charge on any atom is -0.497 e. The number of hydrogen-bond acceptors (Lipinski definition) is 4. The summed E-state index contributed by atoms with van der Waals surface area (Å²) in [6.07, 6.45) is 1.54. The van der Waals surface area contributed by atoms with Crippen molar-refractivity contribution in [3.63, 3.8) is 0 Å². The minimum absolute atomic E-state index is 0.115. The lowest BCUT2D eigenvalue weighted by Gasteiger charge is -2.08. The van der Waals surface area contributed by atoms with Gasteiger partial charge in [0, 0.05) is 18.7 Å². The number of aliphatic carboxylic acids is 1. The molecule has 0 saturated heterocycles. The Morgan fingerprint density at radius 1 is 1.00 bits per heavy atom. The topological polar surface area (TPSA) is 84.9 Å². The first kappa shape index (κ1) is 18.1. The number of carbonyl (C=O) groups is 2. The number of amides is 1. The van der Waals surface area contributed by atoms with Crippen molar-refractivity contribution in [1.82, 2.24) is 0 Å². The van der Waals surface area contributed by atoms with E-state index in [0.717, 1.165) is 0 Å². The number of carboxylic acid groups (broad SMARTS) is 1. The predicted octanol–water partition coefficient (Wildman–Crippen LogP) is 3.29. The molecule has 6 nitrogen and oxygen atoms in total. The third kappa shape index (κ3) is 4.84. The average molecular weight is 341 g/mol. The molecule has 130 valence electrons. The normalized spacial score (nSPS) is 10.9. The maximum absolute atomic E-state index is 11.7. The lowest BCUT2D eigenvalue weighted by molar-refractivity contribution is -0.130. The molecule has 0 aromatic heterocycles. The Morgan fingerprint density at radius 2 is 1.56 bits per heavy atom. The molecule has 0 radical (unpaired) electrons. The number of hydrogen-bond donors (Lipinski definition) is 2. The smallest absolute Gasteiger partial charge is 0.336 e. The van der Waals surface area contributed by atoms with Crippen molar-refractivity contribution in [3.8, 4) is 11.5 Å². The summed E-state index contributed by atoms with van der Waals surface area (Å²) < 4.78 is 10.4. The SMILES string of the molecule is COc1cc(C=C(C(=O)O)c2ccc(NC(C)=O)cc2)cc(OC)c1. The summed E-state index contributed by atoms with van der Waals surface area (Å²) in [7, 11) is 3.06. The summed E-state index contributed by atoms with van der Waals surface area (Å²) in [4.78, 5) is 22.7. The third-order valence-corrected chi connectivity index (χ3v) is 3.43. The van der Waals surface area contributed by atoms with E-state index in [-0.39, 0.29) is 11.5 Å². The van der Waals surface area contributed by atoms with Crippen molar-refractivity contribution in [3.05, 3.63) is 53.6 Å². The maximum atomic E-state index is 11.7. The molecular formula is C19H19NO5. The maximum Gasteiger partial charge on any atom is 0.336 e. The van der Waals surface area contributed by atoms with E-state index in [2.05, 4.69) is 5.32 Å². The van der Waals surface area contributed by atoms with Crippen LogP contribution in [0.5, 0.6) is 11.5 Å². The van der Waals surface area contributed by atoms with Crippen LogP contribution in [0.4, 0.5) is 5.69 Å². The zero-order chi connectivity index (χ0) is 18.4. The number of ether oxygens (including phenoxy) is 2. The second kappa shape index (κ2) is 8.01. The summed E-state index contributed by atoms with van der Waals surface area (Å²) >= 11 is 0. The predicted molar refractivity (Wildman–Crippen MR) is 95.8 cm³/mol. The van der Waals surface area contributed by atoms with Crippen molar-refractivity contribution in [1.29, 1.82) is 0 Å². The Labute approximate surface area is 145 Å². The molecule has 2 aromatic rings. The van der Waals surface area contributed by atoms with Gasteiger partial charge in [0.15, 0.2) is 0 Å². The van der Waals surface area contributed by atoms with Gasteiger partial charge in [0.1, 0.15) is 11.5 Å². The first-order valence-corrected chi connectivity index (χ1v) is 7.49. The van der Waals surface area contributed by atoms with Gasteiger partial charge >= 0.3 is 5.97 Å². The molecular weight excluding hydrogens is 322 g/mol. The van der Waals surface area contributed by atoms with E-state index >= 15 is 0 Å². The molecule has 0 saturated carbocycles. The standard InChI is InChI=1S/C19H19NO5/c1-12(21)20-15-6-4-14(5-7-15)18(19(22)23)10-13-8-16(24-2)11-17(9-13)25-3/h4-11H,1-3H3,(H,20,21)(H,22,23). The summed E-state index contributed by atoms with van der Waals surface area (Å²) in [6.45, 7) is 1.41. The fourth-order valence-electron chi connectivity index (χ4n) is 2.28. The molecule has 2 rings (SSSR count). The monoisotopic (exact) mass is 341 g/mol. The third-order valence-electron chi connectivity index (χ3n) is 3.43. The van der Waals surface area contributed by atoms with E-state index in [4.69, 9.17) is 9.47 Å². The van der Waals surface area contributed by atoms with Crippen molar-refractivity contribution < 1.29 is 24.2 Å².